The van der Waals surface area contributed by atoms with Crippen LogP contribution in [-0.4, -0.2) is 77.6 Å². The quantitative estimate of drug-likeness (QED) is 0.399. The maximum absolute atomic E-state index is 14.1. The molecule has 2 heterocycles. The van der Waals surface area contributed by atoms with Crippen molar-refractivity contribution in [2.75, 3.05) is 20.1 Å². The van der Waals surface area contributed by atoms with Crippen molar-refractivity contribution in [3.05, 3.63) is 0 Å². The molecular weight excluding hydrogens is 504 g/mol. The molecule has 2 saturated heterocycles. The van der Waals surface area contributed by atoms with Crippen LogP contribution in [0.25, 0.3) is 0 Å². The molecule has 0 aromatic heterocycles. The van der Waals surface area contributed by atoms with Gasteiger partial charge in [0.2, 0.25) is 17.7 Å². The maximum Gasteiger partial charge on any atom is 0.245 e. The summed E-state index contributed by atoms with van der Waals surface area (Å²) in [4.78, 5) is 58.2. The lowest BCUT2D eigenvalue weighted by Gasteiger charge is -2.36. The summed E-state index contributed by atoms with van der Waals surface area (Å²) in [7, 11) is 1.79. The zero-order valence-corrected chi connectivity index (χ0v) is 25.5. The van der Waals surface area contributed by atoms with E-state index in [0.717, 1.165) is 70.6 Å². The summed E-state index contributed by atoms with van der Waals surface area (Å²) < 4.78 is 0. The molecule has 0 spiro atoms. The van der Waals surface area contributed by atoms with Crippen LogP contribution < -0.4 is 10.6 Å². The van der Waals surface area contributed by atoms with Crippen molar-refractivity contribution in [1.82, 2.24) is 20.4 Å². The summed E-state index contributed by atoms with van der Waals surface area (Å²) in [6.45, 7) is 7.08. The Hall–Kier alpha value is -1.96. The van der Waals surface area contributed by atoms with E-state index in [1.165, 1.54) is 12.8 Å². The first-order valence-electron chi connectivity index (χ1n) is 16.4. The van der Waals surface area contributed by atoms with Gasteiger partial charge in [-0.15, -0.1) is 0 Å². The summed E-state index contributed by atoms with van der Waals surface area (Å²) in [5, 5.41) is 6.22. The highest BCUT2D eigenvalue weighted by Gasteiger charge is 2.50. The monoisotopic (exact) mass is 558 g/mol. The molecule has 0 aromatic rings. The van der Waals surface area contributed by atoms with Crippen LogP contribution in [0.3, 0.4) is 0 Å². The molecule has 4 fully saturated rings. The number of carbonyl (C=O) groups excluding carboxylic acids is 4. The number of likely N-dealkylation sites (N-methyl/N-ethyl adjacent to an activating group) is 1. The topological polar surface area (TPSA) is 98.8 Å². The van der Waals surface area contributed by atoms with Crippen LogP contribution in [-0.2, 0) is 19.2 Å². The number of ketones is 1. The number of carbonyl (C=O) groups is 4. The van der Waals surface area contributed by atoms with Crippen LogP contribution in [0.15, 0.2) is 0 Å². The van der Waals surface area contributed by atoms with Crippen LogP contribution in [0.4, 0.5) is 0 Å². The number of amides is 3. The van der Waals surface area contributed by atoms with E-state index < -0.39 is 6.04 Å². The molecule has 0 radical (unpaired) electrons. The molecule has 8 nitrogen and oxygen atoms in total. The van der Waals surface area contributed by atoms with Gasteiger partial charge in [-0.2, -0.15) is 0 Å². The minimum Gasteiger partial charge on any atom is -0.344 e. The third-order valence-electron chi connectivity index (χ3n) is 10.8. The van der Waals surface area contributed by atoms with E-state index in [1.54, 1.807) is 7.05 Å². The van der Waals surface area contributed by atoms with E-state index in [-0.39, 0.29) is 65.3 Å². The minimum atomic E-state index is -0.471. The predicted molar refractivity (Wildman–Crippen MR) is 156 cm³/mol. The van der Waals surface area contributed by atoms with Crippen molar-refractivity contribution in [1.29, 1.82) is 0 Å². The maximum atomic E-state index is 14.1. The zero-order valence-electron chi connectivity index (χ0n) is 25.5. The SMILES string of the molecule is CC[C@@H](C)C(=O)N[C@H](C(=O)N1CC[C@@H]2[C@H]1CCN2C(=O)[C@@H](CC(=O)[C@H](C)NC)C1CCCCC1)C1CCCCC1. The largest absolute Gasteiger partial charge is 0.344 e. The normalized spacial score (nSPS) is 27.1. The first kappa shape index (κ1) is 31.0. The fourth-order valence-electron chi connectivity index (χ4n) is 7.80. The van der Waals surface area contributed by atoms with Gasteiger partial charge in [-0.1, -0.05) is 52.4 Å². The minimum absolute atomic E-state index is 0.00183. The Balaban J connectivity index is 1.48. The summed E-state index contributed by atoms with van der Waals surface area (Å²) >= 11 is 0. The fourth-order valence-corrected chi connectivity index (χ4v) is 7.80. The van der Waals surface area contributed by atoms with E-state index >= 15 is 0 Å². The number of hydrogen-bond acceptors (Lipinski definition) is 5. The highest BCUT2D eigenvalue weighted by Crippen LogP contribution is 2.39. The fraction of sp³-hybridized carbons (Fsp3) is 0.875. The first-order chi connectivity index (χ1) is 19.3. The molecule has 6 atom stereocenters. The van der Waals surface area contributed by atoms with Gasteiger partial charge in [0.25, 0.3) is 0 Å². The number of fused-ring (bicyclic) bond motifs is 1. The smallest absolute Gasteiger partial charge is 0.245 e. The lowest BCUT2D eigenvalue weighted by molar-refractivity contribution is -0.142. The lowest BCUT2D eigenvalue weighted by Crippen LogP contribution is -2.55. The van der Waals surface area contributed by atoms with Gasteiger partial charge in [0, 0.05) is 31.3 Å². The second-order valence-corrected chi connectivity index (χ2v) is 13.2. The van der Waals surface area contributed by atoms with Gasteiger partial charge in [-0.3, -0.25) is 19.2 Å². The molecule has 2 aliphatic heterocycles. The van der Waals surface area contributed by atoms with E-state index in [4.69, 9.17) is 0 Å². The van der Waals surface area contributed by atoms with Gasteiger partial charge in [0.1, 0.15) is 11.8 Å². The molecule has 4 rings (SSSR count). The Labute approximate surface area is 241 Å². The van der Waals surface area contributed by atoms with Crippen LogP contribution in [0.5, 0.6) is 0 Å². The highest BCUT2D eigenvalue weighted by atomic mass is 16.2. The van der Waals surface area contributed by atoms with Gasteiger partial charge < -0.3 is 20.4 Å². The molecule has 0 bridgehead atoms. The average Bonchev–Trinajstić information content (AvgIpc) is 3.60. The standard InChI is InChI=1S/C32H54N4O4/c1-5-21(2)30(38)34-29(24-14-10-7-11-15-24)32(40)36-19-17-26-27(36)16-18-35(26)31(39)25(20-28(37)22(3)33-4)23-12-8-6-9-13-23/h21-27,29,33H,5-20H2,1-4H3,(H,34,38)/t21-,22+,25+,26-,27-,29+/m1/s1. The summed E-state index contributed by atoms with van der Waals surface area (Å²) in [5.41, 5.74) is 0. The molecule has 4 aliphatic rings. The molecule has 8 heteroatoms. The Bertz CT molecular complexity index is 825. The van der Waals surface area contributed by atoms with Crippen LogP contribution in [0, 0.1) is 23.7 Å². The molecule has 0 unspecified atom stereocenters. The van der Waals surface area contributed by atoms with Crippen molar-refractivity contribution in [2.24, 2.45) is 23.7 Å². The second kappa shape index (κ2) is 14.3. The van der Waals surface area contributed by atoms with E-state index in [0.29, 0.717) is 19.5 Å². The van der Waals surface area contributed by atoms with Crippen LogP contribution >= 0.6 is 0 Å². The molecule has 2 aliphatic carbocycles. The second-order valence-electron chi connectivity index (χ2n) is 13.2. The van der Waals surface area contributed by atoms with Crippen molar-refractivity contribution < 1.29 is 19.2 Å². The molecular formula is C32H54N4O4. The van der Waals surface area contributed by atoms with Crippen molar-refractivity contribution >= 4 is 23.5 Å². The number of hydrogen-bond donors (Lipinski definition) is 2. The van der Waals surface area contributed by atoms with Gasteiger partial charge >= 0.3 is 0 Å². The Morgan fingerprint density at radius 1 is 0.750 bits per heavy atom. The molecule has 2 N–H and O–H groups in total. The van der Waals surface area contributed by atoms with Gasteiger partial charge in [-0.25, -0.2) is 0 Å². The first-order valence-corrected chi connectivity index (χ1v) is 16.4. The molecule has 2 saturated carbocycles. The number of nitrogens with one attached hydrogen (secondary N) is 2. The molecule has 226 valence electrons. The summed E-state index contributed by atoms with van der Waals surface area (Å²) in [6, 6.07) is -0.716. The van der Waals surface area contributed by atoms with Crippen LogP contribution in [0.2, 0.25) is 0 Å². The summed E-state index contributed by atoms with van der Waals surface area (Å²) in [6.07, 6.45) is 13.5. The number of rotatable bonds is 11. The number of likely N-dealkylation sites (tertiary alicyclic amines) is 2. The Morgan fingerprint density at radius 3 is 1.80 bits per heavy atom. The number of nitrogens with zero attached hydrogens (tertiary/aromatic N) is 2. The zero-order chi connectivity index (χ0) is 28.8. The van der Waals surface area contributed by atoms with Gasteiger partial charge in [0.15, 0.2) is 0 Å². The molecule has 3 amide bonds. The van der Waals surface area contributed by atoms with Crippen molar-refractivity contribution in [3.8, 4) is 0 Å². The highest BCUT2D eigenvalue weighted by molar-refractivity contribution is 5.91. The van der Waals surface area contributed by atoms with Crippen molar-refractivity contribution in [2.45, 2.75) is 135 Å². The third-order valence-corrected chi connectivity index (χ3v) is 10.8. The van der Waals surface area contributed by atoms with E-state index in [2.05, 4.69) is 10.6 Å². The van der Waals surface area contributed by atoms with Gasteiger partial charge in [0.05, 0.1) is 18.1 Å². The van der Waals surface area contributed by atoms with E-state index in [1.807, 2.05) is 30.6 Å². The van der Waals surface area contributed by atoms with E-state index in [9.17, 15) is 19.2 Å². The summed E-state index contributed by atoms with van der Waals surface area (Å²) in [5.74, 6) is 0.319. The molecule has 0 aromatic carbocycles. The lowest BCUT2D eigenvalue weighted by atomic mass is 9.76. The van der Waals surface area contributed by atoms with Crippen LogP contribution in [0.1, 0.15) is 111 Å². The number of Topliss-reactive ketones (excluding diaryl/α,β-unsaturated/α-hetero) is 1. The third kappa shape index (κ3) is 6.91. The van der Waals surface area contributed by atoms with Crippen molar-refractivity contribution in [3.63, 3.8) is 0 Å². The predicted octanol–water partition coefficient (Wildman–Crippen LogP) is 4.06. The van der Waals surface area contributed by atoms with Gasteiger partial charge in [-0.05, 0) is 70.8 Å². The average molecular weight is 559 g/mol. The molecule has 40 heavy (non-hydrogen) atoms. The Morgan fingerprint density at radius 2 is 1.27 bits per heavy atom. The Kier molecular flexibility index (Phi) is 11.1.